The Morgan fingerprint density at radius 3 is 2.68 bits per heavy atom. The largest absolute Gasteiger partial charge is 0.465 e. The Balaban J connectivity index is 1.06. The second kappa shape index (κ2) is 11.9. The van der Waals surface area contributed by atoms with E-state index in [1.165, 1.54) is 106 Å². The SMILES string of the molecule is C1=CCCC(C2CCCC=C2N(C2=CC3C4=C(C=CC3CC2)C=CC2SC3=C(CCCC3)C42)C2C=C3OC4=C(C=CCC4)C3CC2)=C1. The number of thioether (sulfide) groups is 1. The number of ether oxygens (including phenoxy) is 1. The van der Waals surface area contributed by atoms with Crippen LogP contribution in [0, 0.1) is 29.6 Å². The van der Waals surface area contributed by atoms with Gasteiger partial charge < -0.3 is 9.64 Å². The molecule has 2 aliphatic heterocycles. The van der Waals surface area contributed by atoms with Gasteiger partial charge in [-0.05, 0) is 118 Å². The summed E-state index contributed by atoms with van der Waals surface area (Å²) in [6.07, 6.45) is 48.6. The topological polar surface area (TPSA) is 12.5 Å². The minimum absolute atomic E-state index is 0.363. The van der Waals surface area contributed by atoms with Crippen molar-refractivity contribution >= 4 is 11.8 Å². The van der Waals surface area contributed by atoms with Crippen molar-refractivity contribution in [3.8, 4) is 0 Å². The van der Waals surface area contributed by atoms with Crippen LogP contribution in [-0.2, 0) is 4.74 Å². The third-order valence-corrected chi connectivity index (χ3v) is 14.5. The molecule has 0 bridgehead atoms. The normalized spacial score (nSPS) is 36.7. The first-order valence-electron chi connectivity index (χ1n) is 19.1. The van der Waals surface area contributed by atoms with Crippen LogP contribution in [0.1, 0.15) is 96.3 Å². The molecule has 2 nitrogen and oxygen atoms in total. The average Bonchev–Trinajstić information content (AvgIpc) is 3.70. The van der Waals surface area contributed by atoms with Crippen LogP contribution in [0.3, 0.4) is 0 Å². The van der Waals surface area contributed by atoms with E-state index in [-0.39, 0.29) is 0 Å². The van der Waals surface area contributed by atoms with Crippen molar-refractivity contribution in [3.05, 3.63) is 129 Å². The fourth-order valence-electron chi connectivity index (χ4n) is 10.9. The molecule has 0 fully saturated rings. The average molecular weight is 640 g/mol. The first-order valence-corrected chi connectivity index (χ1v) is 20.0. The van der Waals surface area contributed by atoms with Crippen LogP contribution in [0.15, 0.2) is 129 Å². The summed E-state index contributed by atoms with van der Waals surface area (Å²) in [6.45, 7) is 0. The fraction of sp³-hybridized carbons (Fsp3) is 0.500. The zero-order valence-corrected chi connectivity index (χ0v) is 28.7. The van der Waals surface area contributed by atoms with Crippen molar-refractivity contribution in [2.24, 2.45) is 29.6 Å². The number of nitrogens with zero attached hydrogens (tertiary/aromatic N) is 1. The van der Waals surface area contributed by atoms with E-state index in [0.29, 0.717) is 40.9 Å². The molecule has 8 aliphatic carbocycles. The lowest BCUT2D eigenvalue weighted by molar-refractivity contribution is 0.226. The molecule has 0 aromatic carbocycles. The molecule has 7 atom stereocenters. The second-order valence-corrected chi connectivity index (χ2v) is 16.9. The van der Waals surface area contributed by atoms with Gasteiger partial charge in [0, 0.05) is 52.3 Å². The lowest BCUT2D eigenvalue weighted by Gasteiger charge is -2.46. The van der Waals surface area contributed by atoms with Crippen LogP contribution in [0.2, 0.25) is 0 Å². The summed E-state index contributed by atoms with van der Waals surface area (Å²) in [5.74, 6) is 5.25. The molecule has 7 unspecified atom stereocenters. The van der Waals surface area contributed by atoms with Gasteiger partial charge >= 0.3 is 0 Å². The third kappa shape index (κ3) is 4.88. The molecule has 242 valence electrons. The lowest BCUT2D eigenvalue weighted by Crippen LogP contribution is -2.41. The van der Waals surface area contributed by atoms with Gasteiger partial charge in [-0.15, -0.1) is 11.8 Å². The lowest BCUT2D eigenvalue weighted by atomic mass is 9.65. The predicted octanol–water partition coefficient (Wildman–Crippen LogP) is 11.5. The fourth-order valence-corrected chi connectivity index (χ4v) is 12.5. The molecule has 0 amide bonds. The first kappa shape index (κ1) is 29.0. The molecular formula is C44H49NOS. The molecule has 0 saturated carbocycles. The van der Waals surface area contributed by atoms with Crippen molar-refractivity contribution in [1.29, 1.82) is 0 Å². The van der Waals surface area contributed by atoms with Gasteiger partial charge in [0.05, 0.1) is 6.04 Å². The van der Waals surface area contributed by atoms with Gasteiger partial charge in [0.15, 0.2) is 0 Å². The van der Waals surface area contributed by atoms with Gasteiger partial charge in [-0.3, -0.25) is 0 Å². The van der Waals surface area contributed by atoms with Crippen LogP contribution in [0.5, 0.6) is 0 Å². The van der Waals surface area contributed by atoms with Crippen molar-refractivity contribution < 1.29 is 4.74 Å². The van der Waals surface area contributed by atoms with Crippen molar-refractivity contribution in [3.63, 3.8) is 0 Å². The highest BCUT2D eigenvalue weighted by Crippen LogP contribution is 2.58. The van der Waals surface area contributed by atoms with Gasteiger partial charge in [0.2, 0.25) is 0 Å². The molecule has 10 aliphatic rings. The number of hydrogen-bond donors (Lipinski definition) is 0. The van der Waals surface area contributed by atoms with Crippen LogP contribution in [0.25, 0.3) is 0 Å². The van der Waals surface area contributed by atoms with E-state index in [9.17, 15) is 0 Å². The summed E-state index contributed by atoms with van der Waals surface area (Å²) < 4.78 is 6.69. The van der Waals surface area contributed by atoms with Gasteiger partial charge in [-0.1, -0.05) is 78.0 Å². The minimum atomic E-state index is 0.363. The van der Waals surface area contributed by atoms with E-state index in [0.717, 1.165) is 12.8 Å². The monoisotopic (exact) mass is 639 g/mol. The zero-order chi connectivity index (χ0) is 30.9. The van der Waals surface area contributed by atoms with Crippen LogP contribution >= 0.6 is 11.8 Å². The summed E-state index contributed by atoms with van der Waals surface area (Å²) in [5, 5.41) is 0.614. The van der Waals surface area contributed by atoms with E-state index < -0.39 is 0 Å². The summed E-state index contributed by atoms with van der Waals surface area (Å²) >= 11 is 2.21. The Morgan fingerprint density at radius 1 is 0.787 bits per heavy atom. The second-order valence-electron chi connectivity index (χ2n) is 15.6. The summed E-state index contributed by atoms with van der Waals surface area (Å²) in [7, 11) is 0. The number of fused-ring (bicyclic) bond motifs is 7. The van der Waals surface area contributed by atoms with E-state index in [2.05, 4.69) is 89.6 Å². The highest BCUT2D eigenvalue weighted by molar-refractivity contribution is 8.04. The maximum Gasteiger partial charge on any atom is 0.109 e. The molecule has 0 radical (unpaired) electrons. The smallest absolute Gasteiger partial charge is 0.109 e. The quantitative estimate of drug-likeness (QED) is 0.304. The van der Waals surface area contributed by atoms with Gasteiger partial charge in [-0.2, -0.15) is 0 Å². The van der Waals surface area contributed by atoms with Crippen molar-refractivity contribution in [2.75, 3.05) is 0 Å². The zero-order valence-electron chi connectivity index (χ0n) is 27.8. The number of rotatable bonds is 4. The van der Waals surface area contributed by atoms with Gasteiger partial charge in [-0.25, -0.2) is 0 Å². The van der Waals surface area contributed by atoms with Crippen LogP contribution in [0.4, 0.5) is 0 Å². The number of hydrogen-bond acceptors (Lipinski definition) is 3. The van der Waals surface area contributed by atoms with Crippen molar-refractivity contribution in [2.45, 2.75) is 108 Å². The number of allylic oxidation sites excluding steroid dienone is 18. The molecule has 0 aromatic heterocycles. The van der Waals surface area contributed by atoms with E-state index in [1.807, 2.05) is 5.57 Å². The molecule has 3 heteroatoms. The third-order valence-electron chi connectivity index (χ3n) is 13.1. The molecule has 0 saturated heterocycles. The molecule has 10 rings (SSSR count). The molecule has 2 heterocycles. The van der Waals surface area contributed by atoms with Gasteiger partial charge in [0.1, 0.15) is 11.5 Å². The summed E-state index contributed by atoms with van der Waals surface area (Å²) in [4.78, 5) is 4.65. The maximum atomic E-state index is 6.69. The Bertz CT molecular complexity index is 1720. The van der Waals surface area contributed by atoms with Crippen LogP contribution < -0.4 is 0 Å². The molecule has 0 spiro atoms. The first-order chi connectivity index (χ1) is 23.3. The Kier molecular flexibility index (Phi) is 7.35. The summed E-state index contributed by atoms with van der Waals surface area (Å²) in [6, 6.07) is 0.363. The van der Waals surface area contributed by atoms with E-state index >= 15 is 0 Å². The molecular weight excluding hydrogens is 591 g/mol. The van der Waals surface area contributed by atoms with Gasteiger partial charge in [0.25, 0.3) is 0 Å². The predicted molar refractivity (Wildman–Crippen MR) is 195 cm³/mol. The standard InChI is InChI=1S/C44H49NOS/c1-2-10-28(11-3-1)33-12-4-7-15-38(33)45(32-23-24-35-34-13-5-8-16-39(34)46-40(35)27-32)31-22-20-29-18-19-30-21-25-42-44(43(30)37(29)26-31)36-14-6-9-17-41(36)47-42/h1-2,5,10,13,15,18-19,21,25-27,29,32-33,35,37,42,44H,3-4,6-9,11-12,14,16-17,20,22-24H2. The molecule has 0 N–H and O–H groups in total. The minimum Gasteiger partial charge on any atom is -0.465 e. The Morgan fingerprint density at radius 2 is 1.72 bits per heavy atom. The van der Waals surface area contributed by atoms with E-state index in [1.54, 1.807) is 27.4 Å². The summed E-state index contributed by atoms with van der Waals surface area (Å²) in [5.41, 5.74) is 11.4. The molecule has 0 aromatic rings. The molecule has 47 heavy (non-hydrogen) atoms. The van der Waals surface area contributed by atoms with E-state index in [4.69, 9.17) is 4.74 Å². The van der Waals surface area contributed by atoms with Crippen LogP contribution in [-0.4, -0.2) is 16.2 Å². The maximum absolute atomic E-state index is 6.69. The Labute approximate surface area is 286 Å². The Hall–Kier alpha value is -2.91. The van der Waals surface area contributed by atoms with Crippen molar-refractivity contribution in [1.82, 2.24) is 4.90 Å². The highest BCUT2D eigenvalue weighted by Gasteiger charge is 2.46. The highest BCUT2D eigenvalue weighted by atomic mass is 32.2.